The van der Waals surface area contributed by atoms with Gasteiger partial charge in [0.1, 0.15) is 11.4 Å². The third-order valence-corrected chi connectivity index (χ3v) is 5.22. The molecule has 1 aromatic carbocycles. The molecule has 2 aromatic heterocycles. The Morgan fingerprint density at radius 3 is 2.85 bits per heavy atom. The number of H-pyrrole nitrogens is 1. The molecule has 6 heteroatoms. The van der Waals surface area contributed by atoms with Crippen LogP contribution >= 0.6 is 0 Å². The number of aryl methyl sites for hydroxylation is 1. The Morgan fingerprint density at radius 2 is 2.04 bits per heavy atom. The lowest BCUT2D eigenvalue weighted by Crippen LogP contribution is -2.49. The minimum Gasteiger partial charge on any atom is -0.353 e. The summed E-state index contributed by atoms with van der Waals surface area (Å²) in [5.41, 5.74) is 10.2. The number of para-hydroxylation sites is 1. The molecule has 1 aliphatic carbocycles. The highest BCUT2D eigenvalue weighted by atomic mass is 16.2. The van der Waals surface area contributed by atoms with Crippen LogP contribution in [0.3, 0.4) is 0 Å². The molecule has 0 aliphatic heterocycles. The zero-order chi connectivity index (χ0) is 18.1. The van der Waals surface area contributed by atoms with E-state index in [4.69, 9.17) is 5.73 Å². The van der Waals surface area contributed by atoms with E-state index in [0.29, 0.717) is 11.4 Å². The summed E-state index contributed by atoms with van der Waals surface area (Å²) >= 11 is 0. The Bertz CT molecular complexity index is 948. The van der Waals surface area contributed by atoms with Gasteiger partial charge in [-0.1, -0.05) is 31.0 Å². The van der Waals surface area contributed by atoms with Crippen LogP contribution in [0.5, 0.6) is 0 Å². The van der Waals surface area contributed by atoms with Crippen LogP contribution in [-0.2, 0) is 0 Å². The van der Waals surface area contributed by atoms with Crippen LogP contribution in [0.1, 0.15) is 41.7 Å². The maximum atomic E-state index is 12.6. The molecule has 134 valence electrons. The molecular weight excluding hydrogens is 326 g/mol. The lowest BCUT2D eigenvalue weighted by Gasteiger charge is -2.29. The quantitative estimate of drug-likeness (QED) is 0.677. The molecule has 2 heterocycles. The lowest BCUT2D eigenvalue weighted by molar-refractivity contribution is 0.0916. The van der Waals surface area contributed by atoms with E-state index >= 15 is 0 Å². The number of hydrogen-bond acceptors (Lipinski definition) is 4. The summed E-state index contributed by atoms with van der Waals surface area (Å²) < 4.78 is 0. The van der Waals surface area contributed by atoms with Gasteiger partial charge < -0.3 is 16.0 Å². The van der Waals surface area contributed by atoms with Crippen molar-refractivity contribution in [1.82, 2.24) is 20.3 Å². The summed E-state index contributed by atoms with van der Waals surface area (Å²) in [5.74, 6) is -0.213. The number of benzene rings is 1. The summed E-state index contributed by atoms with van der Waals surface area (Å²) in [6.07, 6.45) is 7.28. The van der Waals surface area contributed by atoms with Crippen molar-refractivity contribution in [3.05, 3.63) is 47.9 Å². The monoisotopic (exact) mass is 349 g/mol. The highest BCUT2D eigenvalue weighted by Crippen LogP contribution is 2.28. The van der Waals surface area contributed by atoms with Gasteiger partial charge in [0.05, 0.1) is 18.1 Å². The molecule has 1 fully saturated rings. The van der Waals surface area contributed by atoms with E-state index in [-0.39, 0.29) is 18.0 Å². The van der Waals surface area contributed by atoms with Crippen LogP contribution in [0.2, 0.25) is 0 Å². The molecule has 0 saturated heterocycles. The SMILES string of the molecule is Cc1c(-c2cncc(C(=O)N[C@@H]3CCCC[C@H]3N)n2)[nH]c2ccccc12. The van der Waals surface area contributed by atoms with Crippen molar-refractivity contribution >= 4 is 16.8 Å². The second kappa shape index (κ2) is 6.88. The molecule has 0 bridgehead atoms. The fourth-order valence-corrected chi connectivity index (χ4v) is 3.72. The lowest BCUT2D eigenvalue weighted by atomic mass is 9.91. The number of carbonyl (C=O) groups excluding carboxylic acids is 1. The van der Waals surface area contributed by atoms with E-state index in [1.54, 1.807) is 6.20 Å². The summed E-state index contributed by atoms with van der Waals surface area (Å²) in [5, 5.41) is 4.17. The Morgan fingerprint density at radius 1 is 1.23 bits per heavy atom. The molecule has 0 spiro atoms. The van der Waals surface area contributed by atoms with Crippen LogP contribution in [0.15, 0.2) is 36.7 Å². The van der Waals surface area contributed by atoms with E-state index in [1.165, 1.54) is 6.20 Å². The normalized spacial score (nSPS) is 20.2. The fourth-order valence-electron chi connectivity index (χ4n) is 3.72. The van der Waals surface area contributed by atoms with Crippen molar-refractivity contribution in [2.24, 2.45) is 5.73 Å². The van der Waals surface area contributed by atoms with Gasteiger partial charge in [0.2, 0.25) is 0 Å². The van der Waals surface area contributed by atoms with Gasteiger partial charge in [0, 0.05) is 23.0 Å². The number of nitrogens with two attached hydrogens (primary N) is 1. The summed E-state index contributed by atoms with van der Waals surface area (Å²) in [6, 6.07) is 8.12. The third-order valence-electron chi connectivity index (χ3n) is 5.22. The number of carbonyl (C=O) groups is 1. The van der Waals surface area contributed by atoms with E-state index in [2.05, 4.69) is 26.3 Å². The van der Waals surface area contributed by atoms with E-state index in [9.17, 15) is 4.79 Å². The second-order valence-electron chi connectivity index (χ2n) is 6.99. The first-order chi connectivity index (χ1) is 12.6. The molecule has 26 heavy (non-hydrogen) atoms. The second-order valence-corrected chi connectivity index (χ2v) is 6.99. The van der Waals surface area contributed by atoms with Gasteiger partial charge in [-0.25, -0.2) is 4.98 Å². The molecule has 1 aliphatic rings. The van der Waals surface area contributed by atoms with Crippen molar-refractivity contribution in [3.8, 4) is 11.4 Å². The van der Waals surface area contributed by atoms with Crippen molar-refractivity contribution < 1.29 is 4.79 Å². The minimum atomic E-state index is -0.213. The number of nitrogens with zero attached hydrogens (tertiary/aromatic N) is 2. The van der Waals surface area contributed by atoms with Gasteiger partial charge in [0.25, 0.3) is 5.91 Å². The Hall–Kier alpha value is -2.73. The number of amides is 1. The third kappa shape index (κ3) is 3.08. The largest absolute Gasteiger partial charge is 0.353 e. The Kier molecular flexibility index (Phi) is 4.42. The molecule has 4 N–H and O–H groups in total. The number of aromatic amines is 1. The maximum absolute atomic E-state index is 12.6. The zero-order valence-corrected chi connectivity index (χ0v) is 14.8. The van der Waals surface area contributed by atoms with Crippen LogP contribution in [0.25, 0.3) is 22.3 Å². The molecule has 0 unspecified atom stereocenters. The number of nitrogens with one attached hydrogen (secondary N) is 2. The first-order valence-corrected chi connectivity index (χ1v) is 9.09. The Labute approximate surface area is 152 Å². The number of aromatic nitrogens is 3. The molecule has 0 radical (unpaired) electrons. The van der Waals surface area contributed by atoms with Crippen molar-refractivity contribution in [2.45, 2.75) is 44.7 Å². The van der Waals surface area contributed by atoms with Gasteiger partial charge in [0.15, 0.2) is 0 Å². The zero-order valence-electron chi connectivity index (χ0n) is 14.8. The number of hydrogen-bond donors (Lipinski definition) is 3. The Balaban J connectivity index is 1.61. The molecule has 1 saturated carbocycles. The molecule has 3 aromatic rings. The van der Waals surface area contributed by atoms with Crippen LogP contribution in [-0.4, -0.2) is 32.9 Å². The van der Waals surface area contributed by atoms with E-state index in [1.807, 2.05) is 25.1 Å². The smallest absolute Gasteiger partial charge is 0.271 e. The molecule has 2 atom stereocenters. The van der Waals surface area contributed by atoms with Gasteiger partial charge in [-0.05, 0) is 31.4 Å². The van der Waals surface area contributed by atoms with Gasteiger partial charge >= 0.3 is 0 Å². The first-order valence-electron chi connectivity index (χ1n) is 9.09. The molecule has 4 rings (SSSR count). The van der Waals surface area contributed by atoms with Crippen molar-refractivity contribution in [2.75, 3.05) is 0 Å². The predicted molar refractivity (Wildman–Crippen MR) is 102 cm³/mol. The summed E-state index contributed by atoms with van der Waals surface area (Å²) in [6.45, 7) is 2.05. The average Bonchev–Trinajstić information content (AvgIpc) is 3.01. The van der Waals surface area contributed by atoms with Gasteiger partial charge in [-0.3, -0.25) is 9.78 Å². The standard InChI is InChI=1S/C20H23N5O/c1-12-13-6-2-4-8-15(13)24-19(12)17-10-22-11-18(23-17)20(26)25-16-9-5-3-7-14(16)21/h2,4,6,8,10-11,14,16,24H,3,5,7,9,21H2,1H3,(H,25,26)/t14-,16-/m1/s1. The van der Waals surface area contributed by atoms with Crippen LogP contribution in [0, 0.1) is 6.92 Å². The predicted octanol–water partition coefficient (Wildman–Crippen LogP) is 2.93. The van der Waals surface area contributed by atoms with E-state index < -0.39 is 0 Å². The average molecular weight is 349 g/mol. The van der Waals surface area contributed by atoms with Gasteiger partial charge in [-0.2, -0.15) is 0 Å². The fraction of sp³-hybridized carbons (Fsp3) is 0.350. The van der Waals surface area contributed by atoms with Crippen LogP contribution in [0.4, 0.5) is 0 Å². The summed E-state index contributed by atoms with van der Waals surface area (Å²) in [4.78, 5) is 24.8. The number of fused-ring (bicyclic) bond motifs is 1. The van der Waals surface area contributed by atoms with Gasteiger partial charge in [-0.15, -0.1) is 0 Å². The topological polar surface area (TPSA) is 96.7 Å². The highest BCUT2D eigenvalue weighted by molar-refractivity contribution is 5.93. The molecule has 1 amide bonds. The molecular formula is C20H23N5O. The van der Waals surface area contributed by atoms with Crippen molar-refractivity contribution in [3.63, 3.8) is 0 Å². The summed E-state index contributed by atoms with van der Waals surface area (Å²) in [7, 11) is 0. The minimum absolute atomic E-state index is 0.0107. The molecule has 6 nitrogen and oxygen atoms in total. The van der Waals surface area contributed by atoms with E-state index in [0.717, 1.165) is 47.8 Å². The number of rotatable bonds is 3. The van der Waals surface area contributed by atoms with Crippen molar-refractivity contribution in [1.29, 1.82) is 0 Å². The first kappa shape index (κ1) is 16.7. The van der Waals surface area contributed by atoms with Crippen LogP contribution < -0.4 is 11.1 Å². The maximum Gasteiger partial charge on any atom is 0.271 e. The highest BCUT2D eigenvalue weighted by Gasteiger charge is 2.24.